The van der Waals surface area contributed by atoms with Gasteiger partial charge >= 0.3 is 23.9 Å². The van der Waals surface area contributed by atoms with Crippen LogP contribution in [-0.2, 0) is 23.9 Å². The largest absolute Gasteiger partial charge is 0.478 e. The minimum Gasteiger partial charge on any atom is -0.478 e. The van der Waals surface area contributed by atoms with Crippen molar-refractivity contribution in [2.45, 2.75) is 71.1 Å². The van der Waals surface area contributed by atoms with Gasteiger partial charge in [-0.05, 0) is 6.42 Å². The van der Waals surface area contributed by atoms with E-state index in [1.165, 1.54) is 51.4 Å². The van der Waals surface area contributed by atoms with Gasteiger partial charge in [-0.1, -0.05) is 64.7 Å². The lowest BCUT2D eigenvalue weighted by atomic mass is 10.1. The lowest BCUT2D eigenvalue weighted by molar-refractivity contribution is -0.138. The Morgan fingerprint density at radius 3 is 1.36 bits per heavy atom. The first-order valence-corrected chi connectivity index (χ1v) is 9.51. The number of carboxylic acids is 3. The number of aliphatic carboxylic acids is 3. The molecule has 0 fully saturated rings. The van der Waals surface area contributed by atoms with Gasteiger partial charge in [0.2, 0.25) is 0 Å². The fourth-order valence-electron chi connectivity index (χ4n) is 2.09. The van der Waals surface area contributed by atoms with Crippen molar-refractivity contribution in [3.63, 3.8) is 0 Å². The lowest BCUT2D eigenvalue weighted by Crippen LogP contribution is -2.03. The molecule has 8 heteroatoms. The summed E-state index contributed by atoms with van der Waals surface area (Å²) in [6.07, 6.45) is 15.2. The molecule has 0 radical (unpaired) electrons. The highest BCUT2D eigenvalue weighted by molar-refractivity contribution is 5.90. The average molecular weight is 400 g/mol. The van der Waals surface area contributed by atoms with E-state index in [0.29, 0.717) is 18.8 Å². The highest BCUT2D eigenvalue weighted by atomic mass is 16.5. The zero-order chi connectivity index (χ0) is 21.6. The molecule has 0 bridgehead atoms. The first kappa shape index (κ1) is 27.6. The van der Waals surface area contributed by atoms with E-state index < -0.39 is 23.9 Å². The molecule has 0 heterocycles. The first-order valence-electron chi connectivity index (χ1n) is 9.51. The fraction of sp³-hybridized carbons (Fsp3) is 0.600. The van der Waals surface area contributed by atoms with Crippen LogP contribution in [0.4, 0.5) is 0 Å². The van der Waals surface area contributed by atoms with Crippen molar-refractivity contribution in [3.8, 4) is 0 Å². The predicted molar refractivity (Wildman–Crippen MR) is 104 cm³/mol. The minimum atomic E-state index is -1.26. The van der Waals surface area contributed by atoms with Crippen molar-refractivity contribution in [3.05, 3.63) is 24.3 Å². The molecule has 0 aromatic carbocycles. The fourth-order valence-corrected chi connectivity index (χ4v) is 2.09. The molecular formula is C20H32O8. The first-order chi connectivity index (χ1) is 13.3. The Labute approximate surface area is 165 Å². The molecule has 0 saturated heterocycles. The molecule has 0 atom stereocenters. The second-order valence-electron chi connectivity index (χ2n) is 6.03. The van der Waals surface area contributed by atoms with Crippen molar-refractivity contribution in [1.82, 2.24) is 0 Å². The third-order valence-corrected chi connectivity index (χ3v) is 3.47. The Balaban J connectivity index is 0. The molecule has 0 aliphatic heterocycles. The van der Waals surface area contributed by atoms with Crippen molar-refractivity contribution < 1.29 is 39.2 Å². The summed E-state index contributed by atoms with van der Waals surface area (Å²) in [5, 5.41) is 24.0. The number of carboxylic acid groups (broad SMARTS) is 3. The van der Waals surface area contributed by atoms with E-state index in [1.807, 2.05) is 0 Å². The molecule has 0 amide bonds. The second-order valence-corrected chi connectivity index (χ2v) is 6.03. The van der Waals surface area contributed by atoms with Crippen LogP contribution < -0.4 is 0 Å². The third kappa shape index (κ3) is 28.2. The predicted octanol–water partition coefficient (Wildman–Crippen LogP) is 3.80. The quantitative estimate of drug-likeness (QED) is 0.214. The normalized spacial score (nSPS) is 10.5. The van der Waals surface area contributed by atoms with Crippen LogP contribution in [0.25, 0.3) is 0 Å². The minimum absolute atomic E-state index is 0.374. The van der Waals surface area contributed by atoms with E-state index in [2.05, 4.69) is 6.92 Å². The van der Waals surface area contributed by atoms with Crippen LogP contribution in [0, 0.1) is 0 Å². The lowest BCUT2D eigenvalue weighted by Gasteiger charge is -2.03. The standard InChI is InChI=1S/C16H28O4.C4H4O4/c1-2-3-4-5-6-7-8-9-10-11-14-20-16(19)13-12-15(17)18;5-3(6)1-2-4(7)8/h12-13H,2-11,14H2,1H3,(H,17,18);1-2H,(H,5,6)(H,7,8). The van der Waals surface area contributed by atoms with Gasteiger partial charge in [-0.3, -0.25) is 0 Å². The monoisotopic (exact) mass is 400 g/mol. The summed E-state index contributed by atoms with van der Waals surface area (Å²) < 4.78 is 4.88. The van der Waals surface area contributed by atoms with Crippen molar-refractivity contribution >= 4 is 23.9 Å². The SMILES string of the molecule is CCCCCCCCCCCCOC(=O)C=CC(=O)O.O=C(O)C=CC(=O)O. The van der Waals surface area contributed by atoms with E-state index in [9.17, 15) is 19.2 Å². The summed E-state index contributed by atoms with van der Waals surface area (Å²) in [5.41, 5.74) is 0. The highest BCUT2D eigenvalue weighted by Gasteiger charge is 1.98. The summed E-state index contributed by atoms with van der Waals surface area (Å²) in [6, 6.07) is 0. The molecule has 0 aliphatic rings. The van der Waals surface area contributed by atoms with Crippen LogP contribution in [0.2, 0.25) is 0 Å². The Kier molecular flexibility index (Phi) is 20.4. The number of rotatable bonds is 15. The molecular weight excluding hydrogens is 368 g/mol. The third-order valence-electron chi connectivity index (χ3n) is 3.47. The van der Waals surface area contributed by atoms with Gasteiger partial charge in [-0.25, -0.2) is 19.2 Å². The van der Waals surface area contributed by atoms with Gasteiger partial charge in [0.1, 0.15) is 0 Å². The second kappa shape index (κ2) is 20.7. The Bertz CT molecular complexity index is 492. The van der Waals surface area contributed by atoms with Gasteiger partial charge in [0.15, 0.2) is 0 Å². The molecule has 0 aromatic heterocycles. The zero-order valence-corrected chi connectivity index (χ0v) is 16.5. The van der Waals surface area contributed by atoms with Gasteiger partial charge in [0.05, 0.1) is 6.61 Å². The van der Waals surface area contributed by atoms with Crippen molar-refractivity contribution in [1.29, 1.82) is 0 Å². The number of hydrogen-bond donors (Lipinski definition) is 3. The van der Waals surface area contributed by atoms with Crippen molar-refractivity contribution in [2.24, 2.45) is 0 Å². The number of unbranched alkanes of at least 4 members (excludes halogenated alkanes) is 9. The number of hydrogen-bond acceptors (Lipinski definition) is 5. The van der Waals surface area contributed by atoms with E-state index in [-0.39, 0.29) is 0 Å². The van der Waals surface area contributed by atoms with Gasteiger partial charge in [0, 0.05) is 24.3 Å². The molecule has 0 unspecified atom stereocenters. The van der Waals surface area contributed by atoms with E-state index in [4.69, 9.17) is 20.1 Å². The molecule has 0 spiro atoms. The maximum absolute atomic E-state index is 11.0. The average Bonchev–Trinajstić information content (AvgIpc) is 2.63. The van der Waals surface area contributed by atoms with Crippen molar-refractivity contribution in [2.75, 3.05) is 6.61 Å². The summed E-state index contributed by atoms with van der Waals surface area (Å²) in [7, 11) is 0. The van der Waals surface area contributed by atoms with E-state index >= 15 is 0 Å². The van der Waals surface area contributed by atoms with Crippen LogP contribution >= 0.6 is 0 Å². The smallest absolute Gasteiger partial charge is 0.331 e. The molecule has 0 saturated carbocycles. The van der Waals surface area contributed by atoms with Gasteiger partial charge < -0.3 is 20.1 Å². The molecule has 0 aliphatic carbocycles. The van der Waals surface area contributed by atoms with Crippen LogP contribution in [0.5, 0.6) is 0 Å². The molecule has 0 aromatic rings. The van der Waals surface area contributed by atoms with Crippen LogP contribution in [0.1, 0.15) is 71.1 Å². The molecule has 28 heavy (non-hydrogen) atoms. The van der Waals surface area contributed by atoms with Crippen LogP contribution in [0.3, 0.4) is 0 Å². The summed E-state index contributed by atoms with van der Waals surface area (Å²) in [4.78, 5) is 40.3. The highest BCUT2D eigenvalue weighted by Crippen LogP contribution is 2.10. The number of carbonyl (C=O) groups is 4. The maximum atomic E-state index is 11.0. The van der Waals surface area contributed by atoms with Gasteiger partial charge in [-0.2, -0.15) is 0 Å². The molecule has 8 nitrogen and oxygen atoms in total. The zero-order valence-electron chi connectivity index (χ0n) is 16.5. The molecule has 160 valence electrons. The van der Waals surface area contributed by atoms with E-state index in [0.717, 1.165) is 25.0 Å². The van der Waals surface area contributed by atoms with Crippen LogP contribution in [-0.4, -0.2) is 45.8 Å². The van der Waals surface area contributed by atoms with Gasteiger partial charge in [-0.15, -0.1) is 0 Å². The maximum Gasteiger partial charge on any atom is 0.331 e. The Hall–Kier alpha value is -2.64. The molecule has 0 rings (SSSR count). The summed E-state index contributed by atoms with van der Waals surface area (Å²) in [5.74, 6) is -4.23. The number of ether oxygens (including phenoxy) is 1. The topological polar surface area (TPSA) is 138 Å². The summed E-state index contributed by atoms with van der Waals surface area (Å²) in [6.45, 7) is 2.60. The van der Waals surface area contributed by atoms with E-state index in [1.54, 1.807) is 0 Å². The Morgan fingerprint density at radius 1 is 0.607 bits per heavy atom. The Morgan fingerprint density at radius 2 is 0.964 bits per heavy atom. The molecule has 3 N–H and O–H groups in total. The number of carbonyl (C=O) groups excluding carboxylic acids is 1. The van der Waals surface area contributed by atoms with Gasteiger partial charge in [0.25, 0.3) is 0 Å². The van der Waals surface area contributed by atoms with Crippen LogP contribution in [0.15, 0.2) is 24.3 Å². The number of esters is 1. The summed E-state index contributed by atoms with van der Waals surface area (Å²) >= 11 is 0.